The van der Waals surface area contributed by atoms with Crippen molar-refractivity contribution >= 4 is 11.6 Å². The van der Waals surface area contributed by atoms with Crippen LogP contribution in [-0.4, -0.2) is 32.9 Å². The topological polar surface area (TPSA) is 57.6 Å². The van der Waals surface area contributed by atoms with Gasteiger partial charge in [-0.1, -0.05) is 6.08 Å². The molecule has 0 aromatic heterocycles. The van der Waals surface area contributed by atoms with Crippen molar-refractivity contribution in [3.8, 4) is 0 Å². The van der Waals surface area contributed by atoms with Gasteiger partial charge in [-0.3, -0.25) is 9.59 Å². The summed E-state index contributed by atoms with van der Waals surface area (Å²) >= 11 is 0. The second-order valence-corrected chi connectivity index (χ2v) is 7.07. The molecule has 1 aliphatic carbocycles. The van der Waals surface area contributed by atoms with Crippen molar-refractivity contribution < 1.29 is 14.8 Å². The average Bonchev–Trinajstić information content (AvgIpc) is 2.35. The zero-order valence-corrected chi connectivity index (χ0v) is 12.6. The van der Waals surface area contributed by atoms with E-state index in [0.29, 0.717) is 24.8 Å². The molecule has 0 aromatic carbocycles. The molecule has 0 amide bonds. The minimum Gasteiger partial charge on any atom is -0.313 e. The fraction of sp³-hybridized carbons (Fsp3) is 0.625. The smallest absolute Gasteiger partial charge is 0.165 e. The third-order valence-electron chi connectivity index (χ3n) is 4.27. The number of nitrogens with zero attached hydrogens (tertiary/aromatic N) is 1. The first-order valence-corrected chi connectivity index (χ1v) is 7.08. The molecule has 0 radical (unpaired) electrons. The van der Waals surface area contributed by atoms with E-state index in [4.69, 9.17) is 0 Å². The molecule has 0 saturated carbocycles. The van der Waals surface area contributed by atoms with Crippen LogP contribution in [0.4, 0.5) is 0 Å². The normalized spacial score (nSPS) is 26.4. The molecular formula is C16H23NO3. The van der Waals surface area contributed by atoms with Crippen LogP contribution in [0, 0.1) is 5.92 Å². The molecule has 1 saturated heterocycles. The largest absolute Gasteiger partial charge is 0.313 e. The van der Waals surface area contributed by atoms with Crippen molar-refractivity contribution in [2.75, 3.05) is 0 Å². The van der Waals surface area contributed by atoms with E-state index in [1.165, 1.54) is 11.1 Å². The van der Waals surface area contributed by atoms with Gasteiger partial charge in [-0.2, -0.15) is 5.06 Å². The Bertz CT molecular complexity index is 482. The number of Topliss-reactive ketones (excluding diaryl/α,β-unsaturated/α-hetero) is 1. The zero-order valence-electron chi connectivity index (χ0n) is 12.6. The first-order valence-electron chi connectivity index (χ1n) is 7.08. The van der Waals surface area contributed by atoms with Crippen molar-refractivity contribution in [3.05, 3.63) is 23.8 Å². The third kappa shape index (κ3) is 2.76. The fourth-order valence-electron chi connectivity index (χ4n) is 3.40. The van der Waals surface area contributed by atoms with Crippen molar-refractivity contribution in [2.45, 2.75) is 58.0 Å². The van der Waals surface area contributed by atoms with E-state index in [0.717, 1.165) is 0 Å². The van der Waals surface area contributed by atoms with Gasteiger partial charge in [0.25, 0.3) is 0 Å². The van der Waals surface area contributed by atoms with E-state index in [9.17, 15) is 14.8 Å². The van der Waals surface area contributed by atoms with Gasteiger partial charge in [0.15, 0.2) is 11.6 Å². The van der Waals surface area contributed by atoms with Gasteiger partial charge >= 0.3 is 0 Å². The maximum atomic E-state index is 12.6. The number of allylic oxidation sites excluding steroid dienone is 4. The lowest BCUT2D eigenvalue weighted by molar-refractivity contribution is -0.249. The summed E-state index contributed by atoms with van der Waals surface area (Å²) in [5.41, 5.74) is -0.235. The summed E-state index contributed by atoms with van der Waals surface area (Å²) in [6.07, 6.45) is 6.36. The van der Waals surface area contributed by atoms with Crippen molar-refractivity contribution in [1.29, 1.82) is 0 Å². The molecule has 0 aromatic rings. The van der Waals surface area contributed by atoms with E-state index >= 15 is 0 Å². The van der Waals surface area contributed by atoms with E-state index < -0.39 is 11.1 Å². The van der Waals surface area contributed by atoms with E-state index in [1.54, 1.807) is 12.2 Å². The highest BCUT2D eigenvalue weighted by Crippen LogP contribution is 2.41. The van der Waals surface area contributed by atoms with Crippen LogP contribution in [0.5, 0.6) is 0 Å². The predicted octanol–water partition coefficient (Wildman–Crippen LogP) is 2.67. The molecule has 2 aliphatic rings. The molecule has 110 valence electrons. The number of piperidine rings is 1. The molecule has 0 spiro atoms. The van der Waals surface area contributed by atoms with Crippen LogP contribution in [0.1, 0.15) is 47.0 Å². The Kier molecular flexibility index (Phi) is 3.73. The molecule has 4 heteroatoms. The lowest BCUT2D eigenvalue weighted by Crippen LogP contribution is -2.59. The molecule has 2 rings (SSSR count). The maximum absolute atomic E-state index is 12.6. The second kappa shape index (κ2) is 4.93. The Morgan fingerprint density at radius 2 is 1.75 bits per heavy atom. The van der Waals surface area contributed by atoms with Gasteiger partial charge < -0.3 is 5.21 Å². The van der Waals surface area contributed by atoms with Crippen LogP contribution in [0.15, 0.2) is 23.8 Å². The second-order valence-electron chi connectivity index (χ2n) is 7.07. The molecule has 4 nitrogen and oxygen atoms in total. The van der Waals surface area contributed by atoms with Crippen molar-refractivity contribution in [3.63, 3.8) is 0 Å². The lowest BCUT2D eigenvalue weighted by atomic mass is 9.72. The van der Waals surface area contributed by atoms with Crippen molar-refractivity contribution in [2.24, 2.45) is 5.92 Å². The summed E-state index contributed by atoms with van der Waals surface area (Å²) in [5.74, 6) is 0.00268. The SMILES string of the molecule is CC1(C)CC(C(=O)C2=CCC(=O)C=C2)CC(C)(C)N1O. The monoisotopic (exact) mass is 277 g/mol. The molecule has 1 fully saturated rings. The maximum Gasteiger partial charge on any atom is 0.165 e. The molecule has 1 heterocycles. The van der Waals surface area contributed by atoms with Gasteiger partial charge in [0, 0.05) is 29.0 Å². The Labute approximate surface area is 120 Å². The Hall–Kier alpha value is -1.26. The molecule has 0 unspecified atom stereocenters. The molecule has 0 atom stereocenters. The van der Waals surface area contributed by atoms with Crippen LogP contribution < -0.4 is 0 Å². The van der Waals surface area contributed by atoms with Gasteiger partial charge in [-0.05, 0) is 52.7 Å². The molecule has 1 aliphatic heterocycles. The first-order chi connectivity index (χ1) is 9.13. The summed E-state index contributed by atoms with van der Waals surface area (Å²) in [6, 6.07) is 0. The predicted molar refractivity (Wildman–Crippen MR) is 76.4 cm³/mol. The lowest BCUT2D eigenvalue weighted by Gasteiger charge is -2.51. The van der Waals surface area contributed by atoms with Gasteiger partial charge in [-0.15, -0.1) is 0 Å². The van der Waals surface area contributed by atoms with Gasteiger partial charge in [0.2, 0.25) is 0 Å². The fourth-order valence-corrected chi connectivity index (χ4v) is 3.40. The number of hydroxylamine groups is 2. The standard InChI is InChI=1S/C16H23NO3/c1-15(2)9-12(10-16(3,4)17(15)20)14(19)11-5-7-13(18)8-6-11/h5-7,12,20H,8-10H2,1-4H3. The number of carbonyl (C=O) groups excluding carboxylic acids is 2. The number of ketones is 2. The Morgan fingerprint density at radius 3 is 2.20 bits per heavy atom. The quantitative estimate of drug-likeness (QED) is 0.843. The molecular weight excluding hydrogens is 254 g/mol. The minimum atomic E-state index is -0.434. The summed E-state index contributed by atoms with van der Waals surface area (Å²) in [4.78, 5) is 23.8. The zero-order chi connectivity index (χ0) is 15.1. The van der Waals surface area contributed by atoms with E-state index in [-0.39, 0.29) is 17.5 Å². The van der Waals surface area contributed by atoms with Gasteiger partial charge in [0.1, 0.15) is 0 Å². The molecule has 20 heavy (non-hydrogen) atoms. The highest BCUT2D eigenvalue weighted by molar-refractivity contribution is 6.04. The molecule has 0 bridgehead atoms. The number of carbonyl (C=O) groups is 2. The van der Waals surface area contributed by atoms with Crippen molar-refractivity contribution in [1.82, 2.24) is 5.06 Å². The summed E-state index contributed by atoms with van der Waals surface area (Å²) in [6.45, 7) is 7.79. The van der Waals surface area contributed by atoms with Crippen LogP contribution in [-0.2, 0) is 9.59 Å². The van der Waals surface area contributed by atoms with Crippen LogP contribution in [0.2, 0.25) is 0 Å². The van der Waals surface area contributed by atoms with Crippen LogP contribution in [0.25, 0.3) is 0 Å². The first kappa shape index (κ1) is 15.1. The Morgan fingerprint density at radius 1 is 1.20 bits per heavy atom. The molecule has 1 N–H and O–H groups in total. The summed E-state index contributed by atoms with van der Waals surface area (Å²) in [5, 5.41) is 11.6. The van der Waals surface area contributed by atoms with E-state index in [1.807, 2.05) is 27.7 Å². The van der Waals surface area contributed by atoms with Crippen LogP contribution in [0.3, 0.4) is 0 Å². The third-order valence-corrected chi connectivity index (χ3v) is 4.27. The number of rotatable bonds is 2. The highest BCUT2D eigenvalue weighted by Gasteiger charge is 2.47. The Balaban J connectivity index is 2.20. The number of hydrogen-bond acceptors (Lipinski definition) is 4. The number of hydrogen-bond donors (Lipinski definition) is 1. The summed E-state index contributed by atoms with van der Waals surface area (Å²) in [7, 11) is 0. The summed E-state index contributed by atoms with van der Waals surface area (Å²) < 4.78 is 0. The highest BCUT2D eigenvalue weighted by atomic mass is 16.5. The van der Waals surface area contributed by atoms with Gasteiger partial charge in [0.05, 0.1) is 0 Å². The average molecular weight is 277 g/mol. The van der Waals surface area contributed by atoms with Crippen LogP contribution >= 0.6 is 0 Å². The van der Waals surface area contributed by atoms with Gasteiger partial charge in [-0.25, -0.2) is 0 Å². The van der Waals surface area contributed by atoms with E-state index in [2.05, 4.69) is 0 Å². The minimum absolute atomic E-state index is 0.0346.